The molecule has 0 radical (unpaired) electrons. The quantitative estimate of drug-likeness (QED) is 0.801. The van der Waals surface area contributed by atoms with Gasteiger partial charge in [-0.1, -0.05) is 17.7 Å². The standard InChI is InChI=1S/C15H15ClFN3O3/c1-23-14(21)12-3-2-4-13-18-19(15(22)20(12)13)8-9-5-6-11(17)10(16)7-9/h5-7,12H,2-4,8H2,1H3/t12-/m0/s1. The number of hydrogen-bond acceptors (Lipinski definition) is 4. The van der Waals surface area contributed by atoms with Gasteiger partial charge in [0.05, 0.1) is 18.7 Å². The van der Waals surface area contributed by atoms with Crippen molar-refractivity contribution in [2.45, 2.75) is 31.8 Å². The van der Waals surface area contributed by atoms with Gasteiger partial charge in [-0.2, -0.15) is 5.10 Å². The third-order valence-electron chi connectivity index (χ3n) is 3.92. The summed E-state index contributed by atoms with van der Waals surface area (Å²) in [5, 5.41) is 4.28. The SMILES string of the molecule is COC(=O)[C@@H]1CCCc2nn(Cc3ccc(F)c(Cl)c3)c(=O)n21. The van der Waals surface area contributed by atoms with Crippen LogP contribution < -0.4 is 5.69 Å². The minimum atomic E-state index is -0.637. The van der Waals surface area contributed by atoms with Crippen molar-refractivity contribution in [1.82, 2.24) is 14.3 Å². The van der Waals surface area contributed by atoms with E-state index in [1.807, 2.05) is 0 Å². The van der Waals surface area contributed by atoms with Crippen molar-refractivity contribution in [2.75, 3.05) is 7.11 Å². The van der Waals surface area contributed by atoms with Crippen LogP contribution in [0.1, 0.15) is 30.3 Å². The maximum atomic E-state index is 13.2. The molecule has 1 aliphatic rings. The number of methoxy groups -OCH3 is 1. The van der Waals surface area contributed by atoms with Crippen LogP contribution in [0.4, 0.5) is 4.39 Å². The van der Waals surface area contributed by atoms with Gasteiger partial charge < -0.3 is 4.74 Å². The van der Waals surface area contributed by atoms with E-state index in [0.717, 1.165) is 6.42 Å². The molecular weight excluding hydrogens is 325 g/mol. The summed E-state index contributed by atoms with van der Waals surface area (Å²) in [6.07, 6.45) is 1.94. The number of benzene rings is 1. The number of carbonyl (C=O) groups is 1. The van der Waals surface area contributed by atoms with Crippen LogP contribution in [-0.2, 0) is 22.5 Å². The molecule has 1 aromatic carbocycles. The molecule has 0 amide bonds. The van der Waals surface area contributed by atoms with E-state index in [2.05, 4.69) is 5.10 Å². The molecule has 1 atom stereocenters. The summed E-state index contributed by atoms with van der Waals surface area (Å²) in [6.45, 7) is 0.159. The van der Waals surface area contributed by atoms with Crippen LogP contribution in [-0.4, -0.2) is 27.4 Å². The molecule has 2 heterocycles. The number of carbonyl (C=O) groups excluding carboxylic acids is 1. The molecule has 0 aliphatic carbocycles. The molecule has 1 aromatic heterocycles. The minimum absolute atomic E-state index is 0.00745. The predicted molar refractivity (Wildman–Crippen MR) is 81.0 cm³/mol. The average molecular weight is 340 g/mol. The molecule has 0 bridgehead atoms. The second-order valence-electron chi connectivity index (χ2n) is 5.41. The Labute approximate surface area is 136 Å². The van der Waals surface area contributed by atoms with Gasteiger partial charge in [-0.3, -0.25) is 4.57 Å². The Morgan fingerprint density at radius 2 is 2.30 bits per heavy atom. The van der Waals surface area contributed by atoms with Crippen molar-refractivity contribution in [3.8, 4) is 0 Å². The summed E-state index contributed by atoms with van der Waals surface area (Å²) in [5.41, 5.74) is 0.277. The number of fused-ring (bicyclic) bond motifs is 1. The summed E-state index contributed by atoms with van der Waals surface area (Å²) in [7, 11) is 1.30. The number of nitrogens with zero attached hydrogens (tertiary/aromatic N) is 3. The van der Waals surface area contributed by atoms with Crippen LogP contribution in [0.25, 0.3) is 0 Å². The van der Waals surface area contributed by atoms with Crippen molar-refractivity contribution in [3.63, 3.8) is 0 Å². The predicted octanol–water partition coefficient (Wildman–Crippen LogP) is 1.94. The number of rotatable bonds is 3. The fourth-order valence-electron chi connectivity index (χ4n) is 2.80. The normalized spacial score (nSPS) is 16.9. The molecule has 0 saturated carbocycles. The Hall–Kier alpha value is -2.15. The first-order valence-corrected chi connectivity index (χ1v) is 7.59. The van der Waals surface area contributed by atoms with Gasteiger partial charge in [-0.05, 0) is 30.5 Å². The second-order valence-corrected chi connectivity index (χ2v) is 5.81. The number of hydrogen-bond donors (Lipinski definition) is 0. The number of aromatic nitrogens is 3. The summed E-state index contributed by atoms with van der Waals surface area (Å²) in [6, 6.07) is 3.61. The van der Waals surface area contributed by atoms with Gasteiger partial charge in [0.1, 0.15) is 17.7 Å². The first-order valence-electron chi connectivity index (χ1n) is 7.21. The topological polar surface area (TPSA) is 66.1 Å². The molecule has 1 aliphatic heterocycles. The fraction of sp³-hybridized carbons (Fsp3) is 0.400. The van der Waals surface area contributed by atoms with Gasteiger partial charge in [-0.15, -0.1) is 0 Å². The second kappa shape index (κ2) is 6.16. The maximum absolute atomic E-state index is 13.2. The van der Waals surface area contributed by atoms with Gasteiger partial charge in [0.15, 0.2) is 0 Å². The Morgan fingerprint density at radius 1 is 1.52 bits per heavy atom. The fourth-order valence-corrected chi connectivity index (χ4v) is 3.01. The molecule has 122 valence electrons. The molecule has 0 saturated heterocycles. The highest BCUT2D eigenvalue weighted by molar-refractivity contribution is 6.30. The number of ether oxygens (including phenoxy) is 1. The van der Waals surface area contributed by atoms with E-state index in [1.54, 1.807) is 6.07 Å². The van der Waals surface area contributed by atoms with Crippen LogP contribution in [0.15, 0.2) is 23.0 Å². The van der Waals surface area contributed by atoms with Crippen LogP contribution >= 0.6 is 11.6 Å². The van der Waals surface area contributed by atoms with Crippen LogP contribution in [0.2, 0.25) is 5.02 Å². The molecule has 0 unspecified atom stereocenters. The molecule has 3 rings (SSSR count). The lowest BCUT2D eigenvalue weighted by atomic mass is 10.1. The van der Waals surface area contributed by atoms with Crippen molar-refractivity contribution in [3.05, 3.63) is 50.9 Å². The van der Waals surface area contributed by atoms with Gasteiger partial charge in [0.2, 0.25) is 0 Å². The molecule has 8 heteroatoms. The number of aryl methyl sites for hydroxylation is 1. The molecular formula is C15H15ClFN3O3. The Kier molecular flexibility index (Phi) is 4.21. The molecule has 0 spiro atoms. The van der Waals surface area contributed by atoms with Crippen molar-refractivity contribution < 1.29 is 13.9 Å². The van der Waals surface area contributed by atoms with Gasteiger partial charge >= 0.3 is 11.7 Å². The zero-order valence-corrected chi connectivity index (χ0v) is 13.2. The highest BCUT2D eigenvalue weighted by Crippen LogP contribution is 2.23. The molecule has 23 heavy (non-hydrogen) atoms. The van der Waals surface area contributed by atoms with Gasteiger partial charge in [0, 0.05) is 6.42 Å². The van der Waals surface area contributed by atoms with E-state index >= 15 is 0 Å². The Balaban J connectivity index is 1.96. The maximum Gasteiger partial charge on any atom is 0.347 e. The summed E-state index contributed by atoms with van der Waals surface area (Å²) >= 11 is 5.76. The largest absolute Gasteiger partial charge is 0.467 e. The zero-order chi connectivity index (χ0) is 16.6. The summed E-state index contributed by atoms with van der Waals surface area (Å²) in [5.74, 6) is -0.403. The highest BCUT2D eigenvalue weighted by atomic mass is 35.5. The number of halogens is 2. The Bertz CT molecular complexity index is 815. The Morgan fingerprint density at radius 3 is 3.00 bits per heavy atom. The first-order chi connectivity index (χ1) is 11.0. The van der Waals surface area contributed by atoms with E-state index in [1.165, 1.54) is 28.5 Å². The number of esters is 1. The lowest BCUT2D eigenvalue weighted by Gasteiger charge is -2.20. The first kappa shape index (κ1) is 15.7. The van der Waals surface area contributed by atoms with E-state index in [9.17, 15) is 14.0 Å². The average Bonchev–Trinajstić information content (AvgIpc) is 2.86. The van der Waals surface area contributed by atoms with Crippen molar-refractivity contribution in [2.24, 2.45) is 0 Å². The van der Waals surface area contributed by atoms with E-state index < -0.39 is 17.8 Å². The minimum Gasteiger partial charge on any atom is -0.467 e. The molecule has 0 fully saturated rings. The van der Waals surface area contributed by atoms with Gasteiger partial charge in [0.25, 0.3) is 0 Å². The smallest absolute Gasteiger partial charge is 0.347 e. The van der Waals surface area contributed by atoms with E-state index in [0.29, 0.717) is 24.2 Å². The monoisotopic (exact) mass is 339 g/mol. The van der Waals surface area contributed by atoms with Crippen LogP contribution in [0.5, 0.6) is 0 Å². The summed E-state index contributed by atoms with van der Waals surface area (Å²) in [4.78, 5) is 24.4. The highest BCUT2D eigenvalue weighted by Gasteiger charge is 2.31. The van der Waals surface area contributed by atoms with E-state index in [-0.39, 0.29) is 17.3 Å². The van der Waals surface area contributed by atoms with Crippen molar-refractivity contribution in [1.29, 1.82) is 0 Å². The molecule has 0 N–H and O–H groups in total. The van der Waals surface area contributed by atoms with Gasteiger partial charge in [-0.25, -0.2) is 18.7 Å². The third kappa shape index (κ3) is 2.88. The van der Waals surface area contributed by atoms with Crippen LogP contribution in [0.3, 0.4) is 0 Å². The lowest BCUT2D eigenvalue weighted by molar-refractivity contribution is -0.145. The molecule has 2 aromatic rings. The van der Waals surface area contributed by atoms with Crippen molar-refractivity contribution >= 4 is 17.6 Å². The third-order valence-corrected chi connectivity index (χ3v) is 4.21. The molecule has 6 nitrogen and oxygen atoms in total. The van der Waals surface area contributed by atoms with E-state index in [4.69, 9.17) is 16.3 Å². The van der Waals surface area contributed by atoms with Crippen LogP contribution in [0, 0.1) is 5.82 Å². The summed E-state index contributed by atoms with van der Waals surface area (Å²) < 4.78 is 20.6. The lowest BCUT2D eigenvalue weighted by Crippen LogP contribution is -2.35. The zero-order valence-electron chi connectivity index (χ0n) is 12.5.